The summed E-state index contributed by atoms with van der Waals surface area (Å²) in [5, 5.41) is 0. The summed E-state index contributed by atoms with van der Waals surface area (Å²) < 4.78 is 10.5. The molecule has 0 radical (unpaired) electrons. The lowest BCUT2D eigenvalue weighted by Crippen LogP contribution is -2.07. The summed E-state index contributed by atoms with van der Waals surface area (Å²) >= 11 is 0. The van der Waals surface area contributed by atoms with Gasteiger partial charge in [-0.3, -0.25) is 4.79 Å². The second-order valence-corrected chi connectivity index (χ2v) is 5.11. The SMILES string of the molecule is COc1cc(C)c(C(=O)Cc2cccc(C)c2)cc1OC. The van der Waals surface area contributed by atoms with Gasteiger partial charge in [0.25, 0.3) is 0 Å². The molecule has 0 N–H and O–H groups in total. The highest BCUT2D eigenvalue weighted by Crippen LogP contribution is 2.30. The molecule has 2 aromatic rings. The molecule has 0 spiro atoms. The van der Waals surface area contributed by atoms with Crippen molar-refractivity contribution in [3.05, 3.63) is 58.7 Å². The fourth-order valence-electron chi connectivity index (χ4n) is 2.38. The van der Waals surface area contributed by atoms with Crippen molar-refractivity contribution in [1.82, 2.24) is 0 Å². The summed E-state index contributed by atoms with van der Waals surface area (Å²) in [6, 6.07) is 11.6. The monoisotopic (exact) mass is 284 g/mol. The third-order valence-corrected chi connectivity index (χ3v) is 3.48. The average Bonchev–Trinajstić information content (AvgIpc) is 2.46. The maximum Gasteiger partial charge on any atom is 0.167 e. The van der Waals surface area contributed by atoms with E-state index in [4.69, 9.17) is 9.47 Å². The maximum absolute atomic E-state index is 12.5. The lowest BCUT2D eigenvalue weighted by atomic mass is 9.98. The van der Waals surface area contributed by atoms with E-state index in [1.165, 1.54) is 0 Å². The van der Waals surface area contributed by atoms with Crippen LogP contribution in [-0.4, -0.2) is 20.0 Å². The van der Waals surface area contributed by atoms with Crippen LogP contribution in [0.25, 0.3) is 0 Å². The Labute approximate surface area is 125 Å². The standard InChI is InChI=1S/C18H20O3/c1-12-6-5-7-14(8-12)10-16(19)15-11-18(21-4)17(20-3)9-13(15)2/h5-9,11H,10H2,1-4H3. The van der Waals surface area contributed by atoms with Crippen LogP contribution in [0.1, 0.15) is 27.0 Å². The van der Waals surface area contributed by atoms with Crippen LogP contribution in [0.2, 0.25) is 0 Å². The zero-order valence-electron chi connectivity index (χ0n) is 12.9. The third kappa shape index (κ3) is 3.43. The largest absolute Gasteiger partial charge is 0.493 e. The van der Waals surface area contributed by atoms with E-state index in [-0.39, 0.29) is 5.78 Å². The van der Waals surface area contributed by atoms with Crippen LogP contribution in [0.15, 0.2) is 36.4 Å². The van der Waals surface area contributed by atoms with Crippen molar-refractivity contribution < 1.29 is 14.3 Å². The Bertz CT molecular complexity index is 660. The summed E-state index contributed by atoms with van der Waals surface area (Å²) in [5.74, 6) is 1.30. The van der Waals surface area contributed by atoms with Gasteiger partial charge in [-0.05, 0) is 37.1 Å². The van der Waals surface area contributed by atoms with Gasteiger partial charge >= 0.3 is 0 Å². The first kappa shape index (κ1) is 15.1. The molecule has 2 aromatic carbocycles. The minimum Gasteiger partial charge on any atom is -0.493 e. The normalized spacial score (nSPS) is 10.3. The number of ether oxygens (including phenoxy) is 2. The summed E-state index contributed by atoms with van der Waals surface area (Å²) in [5.41, 5.74) is 3.75. The third-order valence-electron chi connectivity index (χ3n) is 3.48. The number of rotatable bonds is 5. The van der Waals surface area contributed by atoms with Crippen LogP contribution in [0.4, 0.5) is 0 Å². The van der Waals surface area contributed by atoms with E-state index < -0.39 is 0 Å². The van der Waals surface area contributed by atoms with Crippen molar-refractivity contribution >= 4 is 5.78 Å². The first-order valence-corrected chi connectivity index (χ1v) is 6.86. The van der Waals surface area contributed by atoms with Gasteiger partial charge in [0.2, 0.25) is 0 Å². The van der Waals surface area contributed by atoms with Crippen LogP contribution >= 0.6 is 0 Å². The van der Waals surface area contributed by atoms with Crippen LogP contribution in [-0.2, 0) is 6.42 Å². The van der Waals surface area contributed by atoms with Gasteiger partial charge in [-0.25, -0.2) is 0 Å². The first-order valence-electron chi connectivity index (χ1n) is 6.86. The molecule has 0 saturated heterocycles. The number of methoxy groups -OCH3 is 2. The molecule has 0 aliphatic carbocycles. The molecule has 0 heterocycles. The minimum atomic E-state index is 0.0825. The van der Waals surface area contributed by atoms with Gasteiger partial charge in [-0.15, -0.1) is 0 Å². The maximum atomic E-state index is 12.5. The highest BCUT2D eigenvalue weighted by atomic mass is 16.5. The number of ketones is 1. The zero-order valence-corrected chi connectivity index (χ0v) is 12.9. The van der Waals surface area contributed by atoms with Crippen LogP contribution < -0.4 is 9.47 Å². The number of hydrogen-bond donors (Lipinski definition) is 0. The zero-order chi connectivity index (χ0) is 15.4. The lowest BCUT2D eigenvalue weighted by Gasteiger charge is -2.12. The number of hydrogen-bond acceptors (Lipinski definition) is 3. The van der Waals surface area contributed by atoms with Crippen LogP contribution in [0.3, 0.4) is 0 Å². The Kier molecular flexibility index (Phi) is 4.63. The summed E-state index contributed by atoms with van der Waals surface area (Å²) in [6.07, 6.45) is 0.387. The molecule has 0 atom stereocenters. The molecule has 3 nitrogen and oxygen atoms in total. The fraction of sp³-hybridized carbons (Fsp3) is 0.278. The minimum absolute atomic E-state index is 0.0825. The van der Waals surface area contributed by atoms with E-state index in [1.54, 1.807) is 20.3 Å². The van der Waals surface area contributed by atoms with Gasteiger partial charge in [0, 0.05) is 12.0 Å². The van der Waals surface area contributed by atoms with Gasteiger partial charge in [0.05, 0.1) is 14.2 Å². The van der Waals surface area contributed by atoms with Gasteiger partial charge in [-0.1, -0.05) is 29.8 Å². The second kappa shape index (κ2) is 6.44. The van der Waals surface area contributed by atoms with E-state index in [0.717, 1.165) is 16.7 Å². The smallest absolute Gasteiger partial charge is 0.167 e. The Morgan fingerprint density at radius 2 is 1.67 bits per heavy atom. The Hall–Kier alpha value is -2.29. The predicted molar refractivity (Wildman–Crippen MR) is 83.5 cm³/mol. The first-order chi connectivity index (χ1) is 10.0. The number of aryl methyl sites for hydroxylation is 2. The molecule has 0 bridgehead atoms. The van der Waals surface area contributed by atoms with Crippen molar-refractivity contribution in [3.8, 4) is 11.5 Å². The molecular weight excluding hydrogens is 264 g/mol. The number of carbonyl (C=O) groups is 1. The van der Waals surface area contributed by atoms with E-state index in [0.29, 0.717) is 23.5 Å². The number of benzene rings is 2. The van der Waals surface area contributed by atoms with Crippen molar-refractivity contribution in [1.29, 1.82) is 0 Å². The molecule has 3 heteroatoms. The molecule has 0 unspecified atom stereocenters. The number of Topliss-reactive ketones (excluding diaryl/α,β-unsaturated/α-hetero) is 1. The highest BCUT2D eigenvalue weighted by molar-refractivity contribution is 5.99. The quantitative estimate of drug-likeness (QED) is 0.784. The van der Waals surface area contributed by atoms with Crippen molar-refractivity contribution in [2.45, 2.75) is 20.3 Å². The Balaban J connectivity index is 2.31. The van der Waals surface area contributed by atoms with Crippen LogP contribution in [0, 0.1) is 13.8 Å². The molecule has 0 aromatic heterocycles. The van der Waals surface area contributed by atoms with Crippen molar-refractivity contribution in [2.75, 3.05) is 14.2 Å². The molecule has 0 amide bonds. The number of carbonyl (C=O) groups excluding carboxylic acids is 1. The molecule has 0 saturated carbocycles. The molecule has 2 rings (SSSR count). The van der Waals surface area contributed by atoms with Crippen molar-refractivity contribution in [2.24, 2.45) is 0 Å². The van der Waals surface area contributed by atoms with Crippen molar-refractivity contribution in [3.63, 3.8) is 0 Å². The second-order valence-electron chi connectivity index (χ2n) is 5.11. The molecule has 0 aliphatic rings. The van der Waals surface area contributed by atoms with Gasteiger partial charge in [-0.2, -0.15) is 0 Å². The molecule has 110 valence electrons. The lowest BCUT2D eigenvalue weighted by molar-refractivity contribution is 0.0992. The Morgan fingerprint density at radius 1 is 1.00 bits per heavy atom. The Morgan fingerprint density at radius 3 is 2.29 bits per heavy atom. The van der Waals surface area contributed by atoms with Gasteiger partial charge in [0.15, 0.2) is 17.3 Å². The van der Waals surface area contributed by atoms with Gasteiger partial charge < -0.3 is 9.47 Å². The van der Waals surface area contributed by atoms with E-state index in [9.17, 15) is 4.79 Å². The van der Waals surface area contributed by atoms with E-state index in [2.05, 4.69) is 0 Å². The molecule has 0 fully saturated rings. The van der Waals surface area contributed by atoms with Crippen LogP contribution in [0.5, 0.6) is 11.5 Å². The fourth-order valence-corrected chi connectivity index (χ4v) is 2.38. The topological polar surface area (TPSA) is 35.5 Å². The predicted octanol–water partition coefficient (Wildman–Crippen LogP) is 3.75. The van der Waals surface area contributed by atoms with E-state index in [1.807, 2.05) is 44.2 Å². The molecular formula is C18H20O3. The summed E-state index contributed by atoms with van der Waals surface area (Å²) in [4.78, 5) is 12.5. The highest BCUT2D eigenvalue weighted by Gasteiger charge is 2.15. The average molecular weight is 284 g/mol. The summed E-state index contributed by atoms with van der Waals surface area (Å²) in [6.45, 7) is 3.93. The van der Waals surface area contributed by atoms with Gasteiger partial charge in [0.1, 0.15) is 0 Å². The van der Waals surface area contributed by atoms with E-state index >= 15 is 0 Å². The summed E-state index contributed by atoms with van der Waals surface area (Å²) in [7, 11) is 3.16. The molecule has 21 heavy (non-hydrogen) atoms. The molecule has 0 aliphatic heterocycles.